The molecule has 1 heterocycles. The summed E-state index contributed by atoms with van der Waals surface area (Å²) in [5.41, 5.74) is 1.29. The second kappa shape index (κ2) is 33.0. The van der Waals surface area contributed by atoms with Crippen LogP contribution in [0.2, 0.25) is 0 Å². The molecule has 0 aromatic heterocycles. The monoisotopic (exact) mass is 1170 g/mol. The minimum absolute atomic E-state index is 0.0286. The van der Waals surface area contributed by atoms with Crippen LogP contribution < -0.4 is 0 Å². The van der Waals surface area contributed by atoms with E-state index in [-0.39, 0.29) is 81.8 Å². The predicted molar refractivity (Wildman–Crippen MR) is 316 cm³/mol. The van der Waals surface area contributed by atoms with Crippen molar-refractivity contribution in [2.75, 3.05) is 27.7 Å². The van der Waals surface area contributed by atoms with E-state index >= 15 is 0 Å². The number of ether oxygens (including phenoxy) is 6. The van der Waals surface area contributed by atoms with Gasteiger partial charge in [-0.15, -0.1) is 0 Å². The fourth-order valence-corrected chi connectivity index (χ4v) is 9.89. The van der Waals surface area contributed by atoms with Crippen molar-refractivity contribution in [1.29, 1.82) is 0 Å². The number of hydrogen-bond acceptors (Lipinski definition) is 15. The van der Waals surface area contributed by atoms with Crippen LogP contribution in [-0.2, 0) is 81.4 Å². The van der Waals surface area contributed by atoms with Gasteiger partial charge in [0.1, 0.15) is 36.4 Å². The summed E-state index contributed by atoms with van der Waals surface area (Å²) in [6, 6.07) is 22.5. The Balaban J connectivity index is 1.58. The fraction of sp³-hybridized carbons (Fsp3) is 0.600. The molecule has 1 fully saturated rings. The van der Waals surface area contributed by atoms with Crippen LogP contribution in [0.1, 0.15) is 138 Å². The van der Waals surface area contributed by atoms with Gasteiger partial charge in [0, 0.05) is 40.5 Å². The van der Waals surface area contributed by atoms with Gasteiger partial charge in [0.05, 0.1) is 6.04 Å². The van der Waals surface area contributed by atoms with Gasteiger partial charge >= 0.3 is 30.0 Å². The third-order valence-electron chi connectivity index (χ3n) is 14.3. The summed E-state index contributed by atoms with van der Waals surface area (Å²) >= 11 is 0. The van der Waals surface area contributed by atoms with Gasteiger partial charge in [-0.1, -0.05) is 146 Å². The summed E-state index contributed by atoms with van der Waals surface area (Å²) < 4.78 is 35.3. The van der Waals surface area contributed by atoms with E-state index in [4.69, 9.17) is 28.4 Å². The molecule has 0 saturated carbocycles. The molecule has 19 heteroatoms. The highest BCUT2D eigenvalue weighted by atomic mass is 16.6. The summed E-state index contributed by atoms with van der Waals surface area (Å²) in [6.07, 6.45) is -6.79. The number of aliphatic hydroxyl groups excluding tert-OH is 1. The van der Waals surface area contributed by atoms with Crippen molar-refractivity contribution in [3.63, 3.8) is 0 Å². The quantitative estimate of drug-likeness (QED) is 0.0374. The molecule has 0 aliphatic carbocycles. The van der Waals surface area contributed by atoms with Crippen LogP contribution in [0.15, 0.2) is 91.0 Å². The Morgan fingerprint density at radius 3 is 1.54 bits per heavy atom. The number of likely N-dealkylation sites (tertiary alicyclic amines) is 1. The van der Waals surface area contributed by atoms with Crippen molar-refractivity contribution in [3.8, 4) is 0 Å². The van der Waals surface area contributed by atoms with Crippen molar-refractivity contribution in [2.24, 2.45) is 23.7 Å². The zero-order valence-electron chi connectivity index (χ0n) is 52.2. The van der Waals surface area contributed by atoms with Crippen LogP contribution in [0.5, 0.6) is 0 Å². The molecule has 0 bridgehead atoms. The first kappa shape index (κ1) is 69.6. The van der Waals surface area contributed by atoms with Crippen molar-refractivity contribution >= 4 is 47.7 Å². The van der Waals surface area contributed by atoms with E-state index in [1.807, 2.05) is 116 Å². The summed E-state index contributed by atoms with van der Waals surface area (Å²) in [4.78, 5) is 118. The first-order valence-electron chi connectivity index (χ1n) is 29.5. The van der Waals surface area contributed by atoms with E-state index in [9.17, 15) is 43.5 Å². The molecule has 0 radical (unpaired) electrons. The third kappa shape index (κ3) is 22.0. The highest BCUT2D eigenvalue weighted by Crippen LogP contribution is 2.28. The number of rotatable bonds is 30. The molecule has 4 amide bonds. The number of aliphatic hydroxyl groups is 1. The second-order valence-corrected chi connectivity index (χ2v) is 24.7. The number of carbonyl (C=O) groups excluding carboxylic acids is 8. The lowest BCUT2D eigenvalue weighted by atomic mass is 9.97. The van der Waals surface area contributed by atoms with Gasteiger partial charge in [-0.3, -0.25) is 19.3 Å². The molecule has 84 heavy (non-hydrogen) atoms. The minimum atomic E-state index is -1.75. The molecule has 9 atom stereocenters. The molecule has 19 nitrogen and oxygen atoms in total. The number of likely N-dealkylation sites (N-methyl/N-ethyl adjacent to an activating group) is 3. The number of hydrogen-bond donors (Lipinski definition) is 1. The predicted octanol–water partition coefficient (Wildman–Crippen LogP) is 8.74. The molecule has 1 aliphatic rings. The molecule has 1 aliphatic heterocycles. The zero-order valence-corrected chi connectivity index (χ0v) is 52.2. The number of piperidine rings is 1. The van der Waals surface area contributed by atoms with Gasteiger partial charge < -0.3 is 48.2 Å². The van der Waals surface area contributed by atoms with Gasteiger partial charge in [0.2, 0.25) is 6.10 Å². The van der Waals surface area contributed by atoms with Crippen molar-refractivity contribution < 1.29 is 71.9 Å². The normalized spacial score (nSPS) is 16.6. The maximum Gasteiger partial charge on any atom is 0.410 e. The Bertz CT molecular complexity index is 2590. The van der Waals surface area contributed by atoms with Crippen LogP contribution in [0.25, 0.3) is 0 Å². The van der Waals surface area contributed by atoms with Gasteiger partial charge in [-0.05, 0) is 107 Å². The highest BCUT2D eigenvalue weighted by Gasteiger charge is 2.44. The van der Waals surface area contributed by atoms with Crippen LogP contribution >= 0.6 is 0 Å². The standard InChI is InChI=1S/C65H94N4O15/c1-41(2)34-49(66(13)56(70)45(9)80-59(73)51(36-43(5)6)68(15)64(78)84-65(10,11)12)61(75)82-54(38-46-26-19-16-20-27-46)57(71)67(14)50(35-42(3)4)60(74)81-53-32-25-33-69(58(53)72)52(37-44(7)8)62(76)83-55(39-47-28-21-17-22-29-47)63(77)79-40-48-30-23-18-24-31-48/h16-24,26-31,41-45,49-55,60,74H,25,32-40H2,1-15H3/t45?,49-,50-,51-,52-,53?,54?,55?,60?/m0/s1. The van der Waals surface area contributed by atoms with Crippen molar-refractivity contribution in [1.82, 2.24) is 19.6 Å². The molecule has 464 valence electrons. The van der Waals surface area contributed by atoms with Gasteiger partial charge in [0.25, 0.3) is 17.7 Å². The van der Waals surface area contributed by atoms with E-state index < -0.39 is 108 Å². The second-order valence-electron chi connectivity index (χ2n) is 24.7. The fourth-order valence-electron chi connectivity index (χ4n) is 9.89. The summed E-state index contributed by atoms with van der Waals surface area (Å²) in [5.74, 6) is -5.74. The summed E-state index contributed by atoms with van der Waals surface area (Å²) in [6.45, 7) is 21.7. The van der Waals surface area contributed by atoms with Gasteiger partial charge in [-0.25, -0.2) is 24.0 Å². The Morgan fingerprint density at radius 2 is 1.04 bits per heavy atom. The van der Waals surface area contributed by atoms with E-state index in [2.05, 4.69) is 0 Å². The molecule has 1 saturated heterocycles. The number of esters is 4. The number of carbonyl (C=O) groups is 8. The van der Waals surface area contributed by atoms with Crippen molar-refractivity contribution in [3.05, 3.63) is 108 Å². The average Bonchev–Trinajstić information content (AvgIpc) is 3.61. The maximum atomic E-state index is 15.0. The average molecular weight is 1170 g/mol. The van der Waals surface area contributed by atoms with Crippen molar-refractivity contribution in [2.45, 2.75) is 202 Å². The number of amides is 4. The SMILES string of the molecule is CC(C)C[C@@H](C(=O)OC(C)C(=O)N(C)[C@@H](CC(C)C)C(=O)OC(Cc1ccccc1)C(=O)N(C)[C@@H](CC(C)C)C(O)OC1CCCN([C@@H](CC(C)C)C(=O)OC(Cc2ccccc2)C(=O)OCc2ccccc2)C1=O)N(C)C(=O)OC(C)(C)C. The first-order chi connectivity index (χ1) is 39.5. The molecule has 3 aromatic rings. The minimum Gasteiger partial charge on any atom is -0.458 e. The largest absolute Gasteiger partial charge is 0.458 e. The number of nitrogens with zero attached hydrogens (tertiary/aromatic N) is 4. The van der Waals surface area contributed by atoms with Crippen LogP contribution in [0.3, 0.4) is 0 Å². The van der Waals surface area contributed by atoms with E-state index in [1.54, 1.807) is 51.1 Å². The highest BCUT2D eigenvalue weighted by molar-refractivity contribution is 5.91. The molecule has 5 unspecified atom stereocenters. The molecule has 4 rings (SSSR count). The van der Waals surface area contributed by atoms with Gasteiger partial charge in [-0.2, -0.15) is 0 Å². The lowest BCUT2D eigenvalue weighted by Gasteiger charge is -2.40. The van der Waals surface area contributed by atoms with Crippen LogP contribution in [-0.4, -0.2) is 161 Å². The van der Waals surface area contributed by atoms with E-state index in [1.165, 1.54) is 37.9 Å². The molecular weight excluding hydrogens is 1080 g/mol. The third-order valence-corrected chi connectivity index (χ3v) is 14.3. The Kier molecular flexibility index (Phi) is 27.4. The van der Waals surface area contributed by atoms with E-state index in [0.29, 0.717) is 12.0 Å². The first-order valence-corrected chi connectivity index (χ1v) is 29.5. The van der Waals surface area contributed by atoms with Crippen LogP contribution in [0.4, 0.5) is 4.79 Å². The molecule has 3 aromatic carbocycles. The smallest absolute Gasteiger partial charge is 0.410 e. The lowest BCUT2D eigenvalue weighted by molar-refractivity contribution is -0.200. The number of benzene rings is 3. The topological polar surface area (TPSA) is 225 Å². The summed E-state index contributed by atoms with van der Waals surface area (Å²) in [7, 11) is 4.27. The molecule has 0 spiro atoms. The Labute approximate surface area is 497 Å². The summed E-state index contributed by atoms with van der Waals surface area (Å²) in [5, 5.41) is 12.1. The van der Waals surface area contributed by atoms with Gasteiger partial charge in [0.15, 0.2) is 18.5 Å². The maximum absolute atomic E-state index is 15.0. The van der Waals surface area contributed by atoms with Crippen LogP contribution in [0, 0.1) is 23.7 Å². The lowest BCUT2D eigenvalue weighted by Crippen LogP contribution is -2.57. The molecule has 1 N–H and O–H groups in total. The Morgan fingerprint density at radius 1 is 0.571 bits per heavy atom. The molecular formula is C65H94N4O15. The van der Waals surface area contributed by atoms with E-state index in [0.717, 1.165) is 20.9 Å². The Hall–Kier alpha value is -6.86. The zero-order chi connectivity index (χ0) is 62.6.